The lowest BCUT2D eigenvalue weighted by molar-refractivity contribution is 0.103. The van der Waals surface area contributed by atoms with E-state index in [0.717, 1.165) is 18.2 Å². The number of hydrogen-bond donors (Lipinski definition) is 2. The first-order valence-electron chi connectivity index (χ1n) is 6.00. The van der Waals surface area contributed by atoms with Crippen LogP contribution in [-0.2, 0) is 20.2 Å². The standard InChI is InChI=1S/C13H8F2O7S2/c14-8-2-3-9(11(6-8)23(17,18)19)13(16)7-1-4-10(15)12(5-7)24(20,21)22/h1-6H,(H,17,18,19)(H,20,21,22). The van der Waals surface area contributed by atoms with E-state index in [1.807, 2.05) is 0 Å². The largest absolute Gasteiger partial charge is 0.297 e. The summed E-state index contributed by atoms with van der Waals surface area (Å²) >= 11 is 0. The molecule has 24 heavy (non-hydrogen) atoms. The molecule has 0 fully saturated rings. The highest BCUT2D eigenvalue weighted by Gasteiger charge is 2.24. The monoisotopic (exact) mass is 378 g/mol. The molecule has 2 N–H and O–H groups in total. The van der Waals surface area contributed by atoms with E-state index in [2.05, 4.69) is 0 Å². The molecule has 128 valence electrons. The Bertz CT molecular complexity index is 1040. The summed E-state index contributed by atoms with van der Waals surface area (Å²) < 4.78 is 89.2. The van der Waals surface area contributed by atoms with Crippen molar-refractivity contribution >= 4 is 26.0 Å². The smallest absolute Gasteiger partial charge is 0.289 e. The number of carbonyl (C=O) groups is 1. The zero-order valence-corrected chi connectivity index (χ0v) is 13.1. The predicted octanol–water partition coefficient (Wildman–Crippen LogP) is 1.69. The molecule has 0 spiro atoms. The van der Waals surface area contributed by atoms with Crippen molar-refractivity contribution in [3.05, 3.63) is 59.2 Å². The van der Waals surface area contributed by atoms with Gasteiger partial charge in [-0.3, -0.25) is 13.9 Å². The van der Waals surface area contributed by atoms with Crippen LogP contribution in [0.15, 0.2) is 46.2 Å². The van der Waals surface area contributed by atoms with Crippen LogP contribution in [0.2, 0.25) is 0 Å². The Kier molecular flexibility index (Phi) is 4.55. The molecule has 0 saturated carbocycles. The summed E-state index contributed by atoms with van der Waals surface area (Å²) in [5, 5.41) is 0. The second kappa shape index (κ2) is 6.02. The third-order valence-corrected chi connectivity index (χ3v) is 4.70. The third-order valence-electron chi connectivity index (χ3n) is 2.94. The summed E-state index contributed by atoms with van der Waals surface area (Å²) in [5.74, 6) is -3.51. The molecule has 0 radical (unpaired) electrons. The minimum Gasteiger partial charge on any atom is -0.289 e. The Balaban J connectivity index is 2.68. The second-order valence-electron chi connectivity index (χ2n) is 4.56. The minimum absolute atomic E-state index is 0.399. The molecule has 0 saturated heterocycles. The molecule has 2 rings (SSSR count). The fourth-order valence-corrected chi connectivity index (χ4v) is 3.19. The van der Waals surface area contributed by atoms with Gasteiger partial charge >= 0.3 is 0 Å². The fraction of sp³-hybridized carbons (Fsp3) is 0. The minimum atomic E-state index is -4.97. The molecular weight excluding hydrogens is 370 g/mol. The van der Waals surface area contributed by atoms with Crippen molar-refractivity contribution in [3.8, 4) is 0 Å². The maximum atomic E-state index is 13.4. The van der Waals surface area contributed by atoms with Gasteiger partial charge in [0.2, 0.25) is 0 Å². The lowest BCUT2D eigenvalue weighted by Crippen LogP contribution is -2.11. The zero-order valence-electron chi connectivity index (χ0n) is 11.5. The van der Waals surface area contributed by atoms with Gasteiger partial charge in [0.05, 0.1) is 0 Å². The van der Waals surface area contributed by atoms with Crippen molar-refractivity contribution in [2.75, 3.05) is 0 Å². The first-order valence-corrected chi connectivity index (χ1v) is 8.88. The quantitative estimate of drug-likeness (QED) is 0.612. The SMILES string of the molecule is O=C(c1ccc(F)c(S(=O)(=O)O)c1)c1ccc(F)cc1S(=O)(=O)O. The van der Waals surface area contributed by atoms with E-state index in [9.17, 15) is 30.4 Å². The first-order chi connectivity index (χ1) is 10.9. The van der Waals surface area contributed by atoms with Crippen LogP contribution in [0, 0.1) is 11.6 Å². The molecule has 0 heterocycles. The van der Waals surface area contributed by atoms with E-state index < -0.39 is 58.6 Å². The van der Waals surface area contributed by atoms with Crippen LogP contribution in [0.4, 0.5) is 8.78 Å². The van der Waals surface area contributed by atoms with Gasteiger partial charge in [-0.25, -0.2) is 8.78 Å². The number of benzene rings is 2. The molecule has 2 aromatic rings. The fourth-order valence-electron chi connectivity index (χ4n) is 1.89. The Labute approximate surface area is 135 Å². The average Bonchev–Trinajstić information content (AvgIpc) is 2.45. The van der Waals surface area contributed by atoms with Crippen molar-refractivity contribution in [1.29, 1.82) is 0 Å². The Morgan fingerprint density at radius 2 is 1.42 bits per heavy atom. The zero-order chi connectivity index (χ0) is 18.3. The van der Waals surface area contributed by atoms with Crippen LogP contribution < -0.4 is 0 Å². The van der Waals surface area contributed by atoms with Crippen LogP contribution in [0.3, 0.4) is 0 Å². The molecule has 0 atom stereocenters. The van der Waals surface area contributed by atoms with Crippen LogP contribution in [0.5, 0.6) is 0 Å². The van der Waals surface area contributed by atoms with E-state index in [-0.39, 0.29) is 0 Å². The van der Waals surface area contributed by atoms with E-state index in [0.29, 0.717) is 18.2 Å². The van der Waals surface area contributed by atoms with E-state index in [1.165, 1.54) is 0 Å². The molecule has 0 aliphatic carbocycles. The van der Waals surface area contributed by atoms with Crippen molar-refractivity contribution < 1.29 is 39.5 Å². The van der Waals surface area contributed by atoms with E-state index in [1.54, 1.807) is 0 Å². The normalized spacial score (nSPS) is 12.2. The molecule has 7 nitrogen and oxygen atoms in total. The summed E-state index contributed by atoms with van der Waals surface area (Å²) in [6.45, 7) is 0. The van der Waals surface area contributed by atoms with E-state index in [4.69, 9.17) is 9.11 Å². The highest BCUT2D eigenvalue weighted by atomic mass is 32.2. The molecule has 0 aliphatic rings. The number of ketones is 1. The van der Waals surface area contributed by atoms with Gasteiger partial charge in [0, 0.05) is 11.1 Å². The van der Waals surface area contributed by atoms with Gasteiger partial charge in [-0.05, 0) is 36.4 Å². The summed E-state index contributed by atoms with van der Waals surface area (Å²) in [6, 6.07) is 3.81. The van der Waals surface area contributed by atoms with Crippen molar-refractivity contribution in [2.24, 2.45) is 0 Å². The first kappa shape index (κ1) is 18.1. The second-order valence-corrected chi connectivity index (χ2v) is 7.34. The number of carbonyl (C=O) groups excluding carboxylic acids is 1. The van der Waals surface area contributed by atoms with Crippen LogP contribution in [-0.4, -0.2) is 31.7 Å². The summed E-state index contributed by atoms with van der Waals surface area (Å²) in [7, 11) is -9.93. The molecule has 0 aromatic heterocycles. The van der Waals surface area contributed by atoms with Gasteiger partial charge < -0.3 is 0 Å². The van der Waals surface area contributed by atoms with E-state index >= 15 is 0 Å². The Morgan fingerprint density at radius 3 is 1.96 bits per heavy atom. The number of hydrogen-bond acceptors (Lipinski definition) is 5. The third kappa shape index (κ3) is 3.64. The van der Waals surface area contributed by atoms with Crippen molar-refractivity contribution in [3.63, 3.8) is 0 Å². The lowest BCUT2D eigenvalue weighted by Gasteiger charge is -2.08. The maximum Gasteiger partial charge on any atom is 0.297 e. The highest BCUT2D eigenvalue weighted by Crippen LogP contribution is 2.23. The van der Waals surface area contributed by atoms with Crippen LogP contribution in [0.1, 0.15) is 15.9 Å². The maximum absolute atomic E-state index is 13.4. The molecular formula is C13H8F2O7S2. The summed E-state index contributed by atoms with van der Waals surface area (Å²) in [5.41, 5.74) is -1.16. The van der Waals surface area contributed by atoms with Gasteiger partial charge in [0.25, 0.3) is 20.2 Å². The van der Waals surface area contributed by atoms with Gasteiger partial charge in [0.15, 0.2) is 5.78 Å². The highest BCUT2D eigenvalue weighted by molar-refractivity contribution is 7.86. The number of halogens is 2. The molecule has 0 unspecified atom stereocenters. The van der Waals surface area contributed by atoms with Crippen molar-refractivity contribution in [1.82, 2.24) is 0 Å². The van der Waals surface area contributed by atoms with Gasteiger partial charge in [0.1, 0.15) is 21.4 Å². The molecule has 0 bridgehead atoms. The Morgan fingerprint density at radius 1 is 0.833 bits per heavy atom. The van der Waals surface area contributed by atoms with Crippen LogP contribution in [0.25, 0.3) is 0 Å². The molecule has 0 amide bonds. The predicted molar refractivity (Wildman–Crippen MR) is 75.9 cm³/mol. The molecule has 11 heteroatoms. The van der Waals surface area contributed by atoms with Gasteiger partial charge in [-0.2, -0.15) is 16.8 Å². The topological polar surface area (TPSA) is 126 Å². The van der Waals surface area contributed by atoms with Gasteiger partial charge in [-0.1, -0.05) is 0 Å². The van der Waals surface area contributed by atoms with Crippen LogP contribution >= 0.6 is 0 Å². The summed E-state index contributed by atoms with van der Waals surface area (Å²) in [4.78, 5) is 10.1. The molecule has 0 aliphatic heterocycles. The van der Waals surface area contributed by atoms with Crippen molar-refractivity contribution in [2.45, 2.75) is 9.79 Å². The molecule has 2 aromatic carbocycles. The lowest BCUT2D eigenvalue weighted by atomic mass is 10.0. The average molecular weight is 378 g/mol. The Hall–Kier alpha value is -2.21. The van der Waals surface area contributed by atoms with Gasteiger partial charge in [-0.15, -0.1) is 0 Å². The number of rotatable bonds is 4. The summed E-state index contributed by atoms with van der Waals surface area (Å²) in [6.07, 6.45) is 0.